The first kappa shape index (κ1) is 20.6. The molecule has 0 spiro atoms. The van der Waals surface area contributed by atoms with E-state index in [4.69, 9.17) is 4.84 Å². The molecule has 0 saturated heterocycles. The number of benzene rings is 1. The second kappa shape index (κ2) is 8.76. The molecular formula is C17H18F3N3O4. The maximum absolute atomic E-state index is 12.5. The Kier molecular flexibility index (Phi) is 6.67. The maximum Gasteiger partial charge on any atom is 0.471 e. The molecule has 0 aliphatic carbocycles. The fourth-order valence-electron chi connectivity index (χ4n) is 2.18. The number of halogens is 3. The number of carbonyl (C=O) groups excluding carboxylic acids is 2. The molecule has 0 radical (unpaired) electrons. The Morgan fingerprint density at radius 2 is 1.85 bits per heavy atom. The molecule has 0 saturated carbocycles. The van der Waals surface area contributed by atoms with Crippen molar-refractivity contribution in [3.63, 3.8) is 0 Å². The zero-order valence-corrected chi connectivity index (χ0v) is 14.7. The van der Waals surface area contributed by atoms with Crippen molar-refractivity contribution in [1.82, 2.24) is 15.2 Å². The summed E-state index contributed by atoms with van der Waals surface area (Å²) in [4.78, 5) is 31.8. The quantitative estimate of drug-likeness (QED) is 0.648. The summed E-state index contributed by atoms with van der Waals surface area (Å²) in [6.07, 6.45) is -4.15. The predicted molar refractivity (Wildman–Crippen MR) is 86.8 cm³/mol. The summed E-state index contributed by atoms with van der Waals surface area (Å²) in [6.45, 7) is 1.85. The molecule has 0 atom stereocenters. The molecule has 0 aliphatic rings. The van der Waals surface area contributed by atoms with Crippen LogP contribution >= 0.6 is 0 Å². The summed E-state index contributed by atoms with van der Waals surface area (Å²) in [5.74, 6) is -1.95. The normalized spacial score (nSPS) is 11.4. The number of carbonyl (C=O) groups is 2. The Morgan fingerprint density at radius 3 is 2.37 bits per heavy atom. The smallest absolute Gasteiger partial charge is 0.329 e. The van der Waals surface area contributed by atoms with E-state index in [0.29, 0.717) is 17.5 Å². The monoisotopic (exact) mass is 385 g/mol. The van der Waals surface area contributed by atoms with Crippen molar-refractivity contribution in [2.24, 2.45) is 0 Å². The molecule has 0 unspecified atom stereocenters. The standard InChI is InChI=1S/C17H18F3N3O4/c1-3-13(24)8-9-14(25)23(26-2)10-11-4-6-12(7-5-11)15-21-16(27-22-15)17(18,19)20/h4-7H,3,8-10H2,1-2H3. The molecule has 2 aromatic rings. The summed E-state index contributed by atoms with van der Waals surface area (Å²) in [7, 11) is 1.34. The topological polar surface area (TPSA) is 85.5 Å². The molecule has 1 aromatic carbocycles. The zero-order chi connectivity index (χ0) is 20.0. The zero-order valence-electron chi connectivity index (χ0n) is 14.7. The van der Waals surface area contributed by atoms with Crippen molar-refractivity contribution in [2.45, 2.75) is 38.9 Å². The van der Waals surface area contributed by atoms with Crippen LogP contribution in [0.4, 0.5) is 13.2 Å². The highest BCUT2D eigenvalue weighted by Gasteiger charge is 2.38. The molecule has 0 aliphatic heterocycles. The van der Waals surface area contributed by atoms with Gasteiger partial charge in [-0.1, -0.05) is 36.3 Å². The van der Waals surface area contributed by atoms with E-state index < -0.39 is 12.1 Å². The molecule has 146 valence electrons. The van der Waals surface area contributed by atoms with E-state index in [9.17, 15) is 22.8 Å². The number of amides is 1. The molecular weight excluding hydrogens is 367 g/mol. The minimum Gasteiger partial charge on any atom is -0.329 e. The first-order chi connectivity index (χ1) is 12.7. The van der Waals surface area contributed by atoms with Crippen LogP contribution in [0.5, 0.6) is 0 Å². The summed E-state index contributed by atoms with van der Waals surface area (Å²) in [6, 6.07) is 6.24. The van der Waals surface area contributed by atoms with Gasteiger partial charge in [-0.3, -0.25) is 14.4 Å². The second-order valence-electron chi connectivity index (χ2n) is 5.62. The van der Waals surface area contributed by atoms with Gasteiger partial charge < -0.3 is 4.52 Å². The van der Waals surface area contributed by atoms with Gasteiger partial charge in [0.2, 0.25) is 11.7 Å². The fraction of sp³-hybridized carbons (Fsp3) is 0.412. The van der Waals surface area contributed by atoms with E-state index in [1.165, 1.54) is 19.2 Å². The lowest BCUT2D eigenvalue weighted by Gasteiger charge is -2.19. The van der Waals surface area contributed by atoms with Gasteiger partial charge >= 0.3 is 12.1 Å². The molecule has 7 nitrogen and oxygen atoms in total. The number of ketones is 1. The van der Waals surface area contributed by atoms with Gasteiger partial charge in [0, 0.05) is 24.8 Å². The highest BCUT2D eigenvalue weighted by Crippen LogP contribution is 2.29. The van der Waals surface area contributed by atoms with Crippen LogP contribution in [0.25, 0.3) is 11.4 Å². The fourth-order valence-corrected chi connectivity index (χ4v) is 2.18. The number of alkyl halides is 3. The summed E-state index contributed by atoms with van der Waals surface area (Å²) < 4.78 is 41.7. The van der Waals surface area contributed by atoms with Crippen molar-refractivity contribution in [1.29, 1.82) is 0 Å². The van der Waals surface area contributed by atoms with Crippen LogP contribution in [-0.2, 0) is 27.1 Å². The third kappa shape index (κ3) is 5.61. The van der Waals surface area contributed by atoms with E-state index in [0.717, 1.165) is 5.06 Å². The van der Waals surface area contributed by atoms with Crippen LogP contribution in [0.3, 0.4) is 0 Å². The highest BCUT2D eigenvalue weighted by atomic mass is 19.4. The largest absolute Gasteiger partial charge is 0.471 e. The van der Waals surface area contributed by atoms with Gasteiger partial charge in [-0.25, -0.2) is 5.06 Å². The minimum atomic E-state index is -4.70. The highest BCUT2D eigenvalue weighted by molar-refractivity contribution is 5.84. The Balaban J connectivity index is 2.02. The lowest BCUT2D eigenvalue weighted by molar-refractivity contribution is -0.179. The summed E-state index contributed by atoms with van der Waals surface area (Å²) in [5, 5.41) is 4.43. The number of hydroxylamine groups is 2. The molecule has 0 bridgehead atoms. The van der Waals surface area contributed by atoms with E-state index >= 15 is 0 Å². The van der Waals surface area contributed by atoms with Gasteiger partial charge in [-0.2, -0.15) is 18.2 Å². The number of hydrogen-bond acceptors (Lipinski definition) is 6. The Labute approximate surface area is 153 Å². The van der Waals surface area contributed by atoms with Crippen molar-refractivity contribution in [3.8, 4) is 11.4 Å². The SMILES string of the molecule is CCC(=O)CCC(=O)N(Cc1ccc(-c2noc(C(F)(F)F)n2)cc1)OC. The van der Waals surface area contributed by atoms with Crippen LogP contribution in [0, 0.1) is 0 Å². The van der Waals surface area contributed by atoms with Crippen molar-refractivity contribution >= 4 is 11.7 Å². The lowest BCUT2D eigenvalue weighted by Crippen LogP contribution is -2.29. The number of rotatable bonds is 8. The molecule has 10 heteroatoms. The van der Waals surface area contributed by atoms with E-state index in [1.807, 2.05) is 0 Å². The molecule has 1 aromatic heterocycles. The van der Waals surface area contributed by atoms with Crippen LogP contribution in [0.15, 0.2) is 28.8 Å². The minimum absolute atomic E-state index is 0.0119. The Bertz CT molecular complexity index is 787. The van der Waals surface area contributed by atoms with Gasteiger partial charge in [0.1, 0.15) is 5.78 Å². The van der Waals surface area contributed by atoms with Gasteiger partial charge in [0.25, 0.3) is 0 Å². The first-order valence-corrected chi connectivity index (χ1v) is 8.11. The maximum atomic E-state index is 12.5. The number of aromatic nitrogens is 2. The third-order valence-electron chi connectivity index (χ3n) is 3.72. The van der Waals surface area contributed by atoms with Crippen molar-refractivity contribution in [3.05, 3.63) is 35.7 Å². The van der Waals surface area contributed by atoms with Crippen LogP contribution in [0.1, 0.15) is 37.6 Å². The van der Waals surface area contributed by atoms with Crippen LogP contribution in [0.2, 0.25) is 0 Å². The van der Waals surface area contributed by atoms with Crippen LogP contribution in [-0.4, -0.2) is 34.0 Å². The van der Waals surface area contributed by atoms with Gasteiger partial charge in [0.05, 0.1) is 13.7 Å². The Hall–Kier alpha value is -2.75. The van der Waals surface area contributed by atoms with E-state index in [-0.39, 0.29) is 36.9 Å². The Morgan fingerprint density at radius 1 is 1.19 bits per heavy atom. The van der Waals surface area contributed by atoms with E-state index in [2.05, 4.69) is 14.7 Å². The third-order valence-corrected chi connectivity index (χ3v) is 3.72. The number of hydrogen-bond donors (Lipinski definition) is 0. The molecule has 2 rings (SSSR count). The van der Waals surface area contributed by atoms with Crippen LogP contribution < -0.4 is 0 Å². The predicted octanol–water partition coefficient (Wildman–Crippen LogP) is 3.40. The summed E-state index contributed by atoms with van der Waals surface area (Å²) >= 11 is 0. The van der Waals surface area contributed by atoms with Gasteiger partial charge in [-0.15, -0.1) is 0 Å². The average molecular weight is 385 g/mol. The van der Waals surface area contributed by atoms with Gasteiger partial charge in [0.15, 0.2) is 0 Å². The van der Waals surface area contributed by atoms with Crippen molar-refractivity contribution in [2.75, 3.05) is 7.11 Å². The molecule has 0 N–H and O–H groups in total. The second-order valence-corrected chi connectivity index (χ2v) is 5.62. The average Bonchev–Trinajstić information content (AvgIpc) is 3.15. The molecule has 1 amide bonds. The summed E-state index contributed by atoms with van der Waals surface area (Å²) in [5.41, 5.74) is 1.01. The van der Waals surface area contributed by atoms with Gasteiger partial charge in [-0.05, 0) is 5.56 Å². The molecule has 27 heavy (non-hydrogen) atoms. The number of nitrogens with zero attached hydrogens (tertiary/aromatic N) is 3. The van der Waals surface area contributed by atoms with Crippen molar-refractivity contribution < 1.29 is 32.1 Å². The lowest BCUT2D eigenvalue weighted by atomic mass is 10.1. The first-order valence-electron chi connectivity index (χ1n) is 8.11. The molecule has 1 heterocycles. The van der Waals surface area contributed by atoms with E-state index in [1.54, 1.807) is 19.1 Å². The molecule has 0 fully saturated rings. The number of Topliss-reactive ketones (excluding diaryl/α,β-unsaturated/α-hetero) is 1.